The zero-order valence-corrected chi connectivity index (χ0v) is 14.7. The molecule has 23 heavy (non-hydrogen) atoms. The molecule has 0 amide bonds. The Morgan fingerprint density at radius 1 is 1.22 bits per heavy atom. The number of rotatable bonds is 5. The Kier molecular flexibility index (Phi) is 5.66. The molecule has 0 spiro atoms. The first kappa shape index (κ1) is 17.8. The third-order valence-electron chi connectivity index (χ3n) is 3.14. The molecule has 1 atom stereocenters. The standard InChI is InChI=1S/C15H16F3IN4/c1-3-9(2)20-14-22-12(15(16,17)18)8-13(23-14)21-11-7-5-4-6-10(11)19/h4-9H,3H2,1-2H3,(H2,20,21,22,23)/t9-/m0/s1. The lowest BCUT2D eigenvalue weighted by molar-refractivity contribution is -0.141. The predicted octanol–water partition coefficient (Wildman–Crippen LogP) is 5.05. The number of alkyl halides is 3. The summed E-state index contributed by atoms with van der Waals surface area (Å²) in [6.45, 7) is 3.79. The minimum absolute atomic E-state index is 0.0248. The fourth-order valence-electron chi connectivity index (χ4n) is 1.74. The maximum Gasteiger partial charge on any atom is 0.433 e. The number of para-hydroxylation sites is 1. The molecule has 0 radical (unpaired) electrons. The van der Waals surface area contributed by atoms with Crippen LogP contribution in [0.2, 0.25) is 0 Å². The molecule has 0 fully saturated rings. The highest BCUT2D eigenvalue weighted by Crippen LogP contribution is 2.31. The summed E-state index contributed by atoms with van der Waals surface area (Å²) >= 11 is 2.10. The molecule has 2 rings (SSSR count). The number of hydrogen-bond acceptors (Lipinski definition) is 4. The lowest BCUT2D eigenvalue weighted by Crippen LogP contribution is -2.18. The number of benzene rings is 1. The molecule has 8 heteroatoms. The molecule has 1 heterocycles. The van der Waals surface area contributed by atoms with E-state index >= 15 is 0 Å². The van der Waals surface area contributed by atoms with Crippen molar-refractivity contribution in [2.45, 2.75) is 32.5 Å². The van der Waals surface area contributed by atoms with Crippen molar-refractivity contribution in [2.75, 3.05) is 10.6 Å². The molecule has 2 aromatic rings. The smallest absolute Gasteiger partial charge is 0.352 e. The molecule has 0 aliphatic rings. The van der Waals surface area contributed by atoms with Crippen LogP contribution in [0.25, 0.3) is 0 Å². The Bertz CT molecular complexity index is 676. The number of nitrogens with zero attached hydrogens (tertiary/aromatic N) is 2. The molecule has 0 saturated carbocycles. The summed E-state index contributed by atoms with van der Waals surface area (Å²) in [4.78, 5) is 7.70. The van der Waals surface area contributed by atoms with Crippen molar-refractivity contribution in [3.63, 3.8) is 0 Å². The normalized spacial score (nSPS) is 12.8. The van der Waals surface area contributed by atoms with Crippen LogP contribution in [0.1, 0.15) is 26.0 Å². The topological polar surface area (TPSA) is 49.8 Å². The monoisotopic (exact) mass is 436 g/mol. The van der Waals surface area contributed by atoms with Gasteiger partial charge in [-0.25, -0.2) is 4.98 Å². The van der Waals surface area contributed by atoms with Crippen molar-refractivity contribution in [1.82, 2.24) is 9.97 Å². The van der Waals surface area contributed by atoms with Crippen molar-refractivity contribution in [3.05, 3.63) is 39.6 Å². The molecule has 4 nitrogen and oxygen atoms in total. The fraction of sp³-hybridized carbons (Fsp3) is 0.333. The molecular weight excluding hydrogens is 420 g/mol. The molecule has 0 aliphatic heterocycles. The van der Waals surface area contributed by atoms with Crippen LogP contribution in [0.5, 0.6) is 0 Å². The van der Waals surface area contributed by atoms with E-state index < -0.39 is 11.9 Å². The van der Waals surface area contributed by atoms with E-state index in [0.717, 1.165) is 16.1 Å². The summed E-state index contributed by atoms with van der Waals surface area (Å²) in [6.07, 6.45) is -3.78. The summed E-state index contributed by atoms with van der Waals surface area (Å²) < 4.78 is 40.0. The third-order valence-corrected chi connectivity index (χ3v) is 4.08. The Balaban J connectivity index is 2.38. The second-order valence-electron chi connectivity index (χ2n) is 5.02. The van der Waals surface area contributed by atoms with Crippen LogP contribution < -0.4 is 10.6 Å². The Hall–Kier alpha value is -1.58. The lowest BCUT2D eigenvalue weighted by atomic mass is 10.3. The Labute approximate surface area is 146 Å². The van der Waals surface area contributed by atoms with E-state index in [1.54, 1.807) is 12.1 Å². The number of aromatic nitrogens is 2. The maximum atomic E-state index is 13.0. The van der Waals surface area contributed by atoms with E-state index in [2.05, 4.69) is 43.2 Å². The van der Waals surface area contributed by atoms with Crippen LogP contribution in [0.4, 0.5) is 30.6 Å². The van der Waals surface area contributed by atoms with Crippen LogP contribution in [-0.2, 0) is 6.18 Å². The highest BCUT2D eigenvalue weighted by Gasteiger charge is 2.34. The zero-order chi connectivity index (χ0) is 17.0. The van der Waals surface area contributed by atoms with Gasteiger partial charge in [-0.3, -0.25) is 0 Å². The first-order valence-corrected chi connectivity index (χ1v) is 8.12. The molecule has 0 unspecified atom stereocenters. The molecule has 124 valence electrons. The largest absolute Gasteiger partial charge is 0.433 e. The SMILES string of the molecule is CC[C@H](C)Nc1nc(Nc2ccccc2I)cc(C(F)(F)F)n1. The number of anilines is 3. The molecule has 1 aromatic carbocycles. The van der Waals surface area contributed by atoms with Gasteiger partial charge >= 0.3 is 6.18 Å². The number of hydrogen-bond donors (Lipinski definition) is 2. The highest BCUT2D eigenvalue weighted by atomic mass is 127. The van der Waals surface area contributed by atoms with Gasteiger partial charge in [-0.15, -0.1) is 0 Å². The van der Waals surface area contributed by atoms with Crippen LogP contribution in [0, 0.1) is 3.57 Å². The van der Waals surface area contributed by atoms with Gasteiger partial charge in [0.15, 0.2) is 5.69 Å². The van der Waals surface area contributed by atoms with Crippen molar-refractivity contribution in [1.29, 1.82) is 0 Å². The van der Waals surface area contributed by atoms with Crippen LogP contribution in [0.3, 0.4) is 0 Å². The maximum absolute atomic E-state index is 13.0. The summed E-state index contributed by atoms with van der Waals surface area (Å²) in [5.74, 6) is 0.0601. The summed E-state index contributed by atoms with van der Waals surface area (Å²) in [5.41, 5.74) is -0.291. The van der Waals surface area contributed by atoms with Gasteiger partial charge in [0, 0.05) is 15.7 Å². The van der Waals surface area contributed by atoms with E-state index in [0.29, 0.717) is 5.69 Å². The van der Waals surface area contributed by atoms with Gasteiger partial charge in [0.1, 0.15) is 5.82 Å². The zero-order valence-electron chi connectivity index (χ0n) is 12.6. The molecular formula is C15H16F3IN4. The Morgan fingerprint density at radius 3 is 2.52 bits per heavy atom. The molecule has 0 bridgehead atoms. The average Bonchev–Trinajstić information content (AvgIpc) is 2.48. The summed E-state index contributed by atoms with van der Waals surface area (Å²) in [5, 5.41) is 5.80. The van der Waals surface area contributed by atoms with Crippen LogP contribution in [-0.4, -0.2) is 16.0 Å². The van der Waals surface area contributed by atoms with Crippen molar-refractivity contribution in [2.24, 2.45) is 0 Å². The van der Waals surface area contributed by atoms with Gasteiger partial charge in [0.25, 0.3) is 0 Å². The second kappa shape index (κ2) is 7.33. The summed E-state index contributed by atoms with van der Waals surface area (Å²) in [7, 11) is 0. The van der Waals surface area contributed by atoms with Gasteiger partial charge in [-0.05, 0) is 48.1 Å². The summed E-state index contributed by atoms with van der Waals surface area (Å²) in [6, 6.07) is 8.17. The van der Waals surface area contributed by atoms with Crippen molar-refractivity contribution >= 4 is 40.0 Å². The van der Waals surface area contributed by atoms with E-state index in [9.17, 15) is 13.2 Å². The second-order valence-corrected chi connectivity index (χ2v) is 6.18. The van der Waals surface area contributed by atoms with E-state index in [1.807, 2.05) is 26.0 Å². The van der Waals surface area contributed by atoms with Crippen molar-refractivity contribution in [3.8, 4) is 0 Å². The van der Waals surface area contributed by atoms with Gasteiger partial charge in [-0.1, -0.05) is 19.1 Å². The quantitative estimate of drug-likeness (QED) is 0.644. The first-order chi connectivity index (χ1) is 10.8. The van der Waals surface area contributed by atoms with E-state index in [-0.39, 0.29) is 17.8 Å². The third kappa shape index (κ3) is 4.95. The van der Waals surface area contributed by atoms with E-state index in [1.165, 1.54) is 0 Å². The highest BCUT2D eigenvalue weighted by molar-refractivity contribution is 14.1. The minimum Gasteiger partial charge on any atom is -0.352 e. The van der Waals surface area contributed by atoms with Crippen molar-refractivity contribution < 1.29 is 13.2 Å². The fourth-order valence-corrected chi connectivity index (χ4v) is 2.27. The number of halogens is 4. The predicted molar refractivity (Wildman–Crippen MR) is 92.9 cm³/mol. The minimum atomic E-state index is -4.53. The first-order valence-electron chi connectivity index (χ1n) is 7.04. The Morgan fingerprint density at radius 2 is 1.91 bits per heavy atom. The molecule has 0 aliphatic carbocycles. The van der Waals surface area contributed by atoms with Gasteiger partial charge in [-0.2, -0.15) is 18.2 Å². The average molecular weight is 436 g/mol. The van der Waals surface area contributed by atoms with Crippen LogP contribution in [0.15, 0.2) is 30.3 Å². The van der Waals surface area contributed by atoms with Gasteiger partial charge < -0.3 is 10.6 Å². The van der Waals surface area contributed by atoms with E-state index in [4.69, 9.17) is 0 Å². The molecule has 0 saturated heterocycles. The number of nitrogens with one attached hydrogen (secondary N) is 2. The molecule has 1 aromatic heterocycles. The van der Waals surface area contributed by atoms with Crippen LogP contribution >= 0.6 is 22.6 Å². The van der Waals surface area contributed by atoms with Gasteiger partial charge in [0.2, 0.25) is 5.95 Å². The lowest BCUT2D eigenvalue weighted by Gasteiger charge is -2.15. The van der Waals surface area contributed by atoms with Gasteiger partial charge in [0.05, 0.1) is 5.69 Å². The molecule has 2 N–H and O–H groups in total.